The normalized spacial score (nSPS) is 10.9. The maximum absolute atomic E-state index is 13.1. The first-order valence-electron chi connectivity index (χ1n) is 10.6. The Hall–Kier alpha value is -4.79. The molecule has 2 aromatic carbocycles. The minimum Gasteiger partial charge on any atom is -0.338 e. The zero-order valence-corrected chi connectivity index (χ0v) is 18.5. The van der Waals surface area contributed by atoms with Gasteiger partial charge in [0.15, 0.2) is 11.6 Å². The molecule has 3 heterocycles. The van der Waals surface area contributed by atoms with Crippen LogP contribution in [0, 0.1) is 13.8 Å². The molecule has 0 bridgehead atoms. The van der Waals surface area contributed by atoms with E-state index in [1.165, 1.54) is 6.33 Å². The molecular formula is C25H21N7O2. The average molecular weight is 451 g/mol. The fourth-order valence-corrected chi connectivity index (χ4v) is 3.77. The molecule has 0 aliphatic heterocycles. The van der Waals surface area contributed by atoms with Crippen LogP contribution in [-0.2, 0) is 0 Å². The monoisotopic (exact) mass is 451 g/mol. The Morgan fingerprint density at radius 2 is 1.82 bits per heavy atom. The molecule has 0 saturated heterocycles. The van der Waals surface area contributed by atoms with E-state index in [4.69, 9.17) is 0 Å². The number of H-pyrrole nitrogens is 1. The Kier molecular flexibility index (Phi) is 5.35. The number of hydrogen-bond donors (Lipinski definition) is 3. The van der Waals surface area contributed by atoms with Gasteiger partial charge in [-0.2, -0.15) is 10.2 Å². The highest BCUT2D eigenvalue weighted by Gasteiger charge is 2.19. The highest BCUT2D eigenvalue weighted by Crippen LogP contribution is 2.28. The molecule has 9 heteroatoms. The third-order valence-electron chi connectivity index (χ3n) is 5.61. The molecule has 3 aromatic heterocycles. The van der Waals surface area contributed by atoms with Gasteiger partial charge in [-0.1, -0.05) is 36.4 Å². The molecule has 0 saturated carbocycles. The molecule has 0 unspecified atom stereocenters. The molecule has 3 N–H and O–H groups in total. The van der Waals surface area contributed by atoms with E-state index in [1.54, 1.807) is 47.2 Å². The zero-order chi connectivity index (χ0) is 23.7. The Balaban J connectivity index is 1.49. The molecule has 5 aromatic rings. The molecule has 0 fully saturated rings. The van der Waals surface area contributed by atoms with Crippen LogP contribution in [0.15, 0.2) is 73.3 Å². The lowest BCUT2D eigenvalue weighted by molar-refractivity contribution is 0.102. The number of nitrogens with zero attached hydrogens (tertiary/aromatic N) is 4. The topological polar surface area (TPSA) is 117 Å². The molecule has 0 atom stereocenters. The van der Waals surface area contributed by atoms with Gasteiger partial charge in [0.05, 0.1) is 6.20 Å². The van der Waals surface area contributed by atoms with Crippen molar-refractivity contribution in [1.29, 1.82) is 0 Å². The van der Waals surface area contributed by atoms with Crippen molar-refractivity contribution >= 4 is 34.5 Å². The molecule has 168 valence electrons. The largest absolute Gasteiger partial charge is 0.338 e. The summed E-state index contributed by atoms with van der Waals surface area (Å²) in [6, 6.07) is 16.2. The summed E-state index contributed by atoms with van der Waals surface area (Å²) in [5.74, 6) is 0.698. The van der Waals surface area contributed by atoms with E-state index in [0.717, 1.165) is 16.8 Å². The maximum Gasteiger partial charge on any atom is 0.256 e. The summed E-state index contributed by atoms with van der Waals surface area (Å²) in [4.78, 5) is 30.1. The molecule has 5 rings (SSSR count). The lowest BCUT2D eigenvalue weighted by atomic mass is 10.0. The summed E-state index contributed by atoms with van der Waals surface area (Å²) in [5, 5.41) is 16.9. The Morgan fingerprint density at radius 3 is 2.59 bits per heavy atom. The van der Waals surface area contributed by atoms with E-state index in [1.807, 2.05) is 38.1 Å². The molecule has 34 heavy (non-hydrogen) atoms. The standard InChI is InChI=1S/C25H21N7O2/c1-15-8-9-18(25(34)30-21-10-11-27-31-21)12-20(15)29-24-22-16(2)19(13-32(22)28-14-26-24)23(33)17-6-4-3-5-7-17/h3-14H,1-2H3,(H,26,28,29)(H2,27,30,31,34). The molecule has 1 amide bonds. The third-order valence-corrected chi connectivity index (χ3v) is 5.61. The van der Waals surface area contributed by atoms with Crippen LogP contribution in [-0.4, -0.2) is 36.5 Å². The highest BCUT2D eigenvalue weighted by molar-refractivity contribution is 6.11. The smallest absolute Gasteiger partial charge is 0.256 e. The van der Waals surface area contributed by atoms with Gasteiger partial charge in [-0.05, 0) is 37.1 Å². The number of hydrogen-bond acceptors (Lipinski definition) is 6. The van der Waals surface area contributed by atoms with Crippen LogP contribution >= 0.6 is 0 Å². The van der Waals surface area contributed by atoms with Crippen LogP contribution in [0.2, 0.25) is 0 Å². The quantitative estimate of drug-likeness (QED) is 0.332. The number of rotatable bonds is 6. The number of nitrogens with one attached hydrogen (secondary N) is 3. The second-order valence-corrected chi connectivity index (χ2v) is 7.84. The van der Waals surface area contributed by atoms with E-state index in [0.29, 0.717) is 33.8 Å². The summed E-state index contributed by atoms with van der Waals surface area (Å²) < 4.78 is 1.64. The van der Waals surface area contributed by atoms with Gasteiger partial charge in [0.1, 0.15) is 17.7 Å². The first-order chi connectivity index (χ1) is 16.5. The molecular weight excluding hydrogens is 430 g/mol. The van der Waals surface area contributed by atoms with Gasteiger partial charge in [-0.25, -0.2) is 9.50 Å². The number of carbonyl (C=O) groups excluding carboxylic acids is 2. The van der Waals surface area contributed by atoms with E-state index < -0.39 is 0 Å². The van der Waals surface area contributed by atoms with Crippen LogP contribution in [0.1, 0.15) is 37.4 Å². The lowest BCUT2D eigenvalue weighted by Gasteiger charge is -2.12. The molecule has 0 aliphatic carbocycles. The number of aromatic amines is 1. The summed E-state index contributed by atoms with van der Waals surface area (Å²) in [6.45, 7) is 3.81. The average Bonchev–Trinajstić information content (AvgIpc) is 3.48. The van der Waals surface area contributed by atoms with Crippen LogP contribution in [0.5, 0.6) is 0 Å². The van der Waals surface area contributed by atoms with Crippen LogP contribution in [0.3, 0.4) is 0 Å². The van der Waals surface area contributed by atoms with Crippen molar-refractivity contribution in [3.63, 3.8) is 0 Å². The number of amides is 1. The number of carbonyl (C=O) groups is 2. The first-order valence-corrected chi connectivity index (χ1v) is 10.6. The fourth-order valence-electron chi connectivity index (χ4n) is 3.77. The summed E-state index contributed by atoms with van der Waals surface area (Å²) >= 11 is 0. The summed E-state index contributed by atoms with van der Waals surface area (Å²) in [5.41, 5.74) is 4.74. The van der Waals surface area contributed by atoms with E-state index in [-0.39, 0.29) is 11.7 Å². The number of aromatic nitrogens is 5. The van der Waals surface area contributed by atoms with Crippen molar-refractivity contribution in [1.82, 2.24) is 24.8 Å². The minimum atomic E-state index is -0.269. The molecule has 9 nitrogen and oxygen atoms in total. The first kappa shape index (κ1) is 21.1. The van der Waals surface area contributed by atoms with Gasteiger partial charge < -0.3 is 10.6 Å². The molecule has 0 radical (unpaired) electrons. The summed E-state index contributed by atoms with van der Waals surface area (Å²) in [7, 11) is 0. The van der Waals surface area contributed by atoms with Gasteiger partial charge in [-0.3, -0.25) is 14.7 Å². The van der Waals surface area contributed by atoms with Crippen molar-refractivity contribution in [3.8, 4) is 0 Å². The van der Waals surface area contributed by atoms with Gasteiger partial charge in [0.25, 0.3) is 5.91 Å². The van der Waals surface area contributed by atoms with Crippen molar-refractivity contribution in [2.24, 2.45) is 0 Å². The van der Waals surface area contributed by atoms with Crippen molar-refractivity contribution in [2.45, 2.75) is 13.8 Å². The van der Waals surface area contributed by atoms with Gasteiger partial charge in [0, 0.05) is 34.6 Å². The van der Waals surface area contributed by atoms with Crippen molar-refractivity contribution in [2.75, 3.05) is 10.6 Å². The summed E-state index contributed by atoms with van der Waals surface area (Å²) in [6.07, 6.45) is 4.71. The molecule has 0 spiro atoms. The van der Waals surface area contributed by atoms with E-state index >= 15 is 0 Å². The minimum absolute atomic E-state index is 0.0804. The fraction of sp³-hybridized carbons (Fsp3) is 0.0800. The zero-order valence-electron chi connectivity index (χ0n) is 18.5. The Morgan fingerprint density at radius 1 is 1.00 bits per heavy atom. The predicted octanol–water partition coefficient (Wildman–Crippen LogP) is 4.30. The number of ketones is 1. The number of aryl methyl sites for hydroxylation is 2. The maximum atomic E-state index is 13.1. The van der Waals surface area contributed by atoms with E-state index in [9.17, 15) is 9.59 Å². The van der Waals surface area contributed by atoms with Crippen molar-refractivity contribution < 1.29 is 9.59 Å². The van der Waals surface area contributed by atoms with E-state index in [2.05, 4.69) is 30.9 Å². The Bertz CT molecular complexity index is 1510. The van der Waals surface area contributed by atoms with Crippen LogP contribution in [0.25, 0.3) is 5.52 Å². The SMILES string of the molecule is Cc1ccc(C(=O)Nc2ccn[nH]2)cc1Nc1ncnn2cc(C(=O)c3ccccc3)c(C)c12. The lowest BCUT2D eigenvalue weighted by Crippen LogP contribution is -2.13. The highest BCUT2D eigenvalue weighted by atomic mass is 16.1. The third kappa shape index (κ3) is 3.90. The van der Waals surface area contributed by atoms with Crippen LogP contribution in [0.4, 0.5) is 17.3 Å². The number of fused-ring (bicyclic) bond motifs is 1. The Labute approximate surface area is 194 Å². The number of anilines is 3. The number of benzene rings is 2. The second kappa shape index (κ2) is 8.62. The van der Waals surface area contributed by atoms with Gasteiger partial charge in [0.2, 0.25) is 0 Å². The second-order valence-electron chi connectivity index (χ2n) is 7.84. The van der Waals surface area contributed by atoms with Gasteiger partial charge in [-0.15, -0.1) is 0 Å². The van der Waals surface area contributed by atoms with Gasteiger partial charge >= 0.3 is 0 Å². The van der Waals surface area contributed by atoms with Crippen LogP contribution < -0.4 is 10.6 Å². The van der Waals surface area contributed by atoms with Crippen molar-refractivity contribution in [3.05, 3.63) is 101 Å². The predicted molar refractivity (Wildman–Crippen MR) is 129 cm³/mol. The molecule has 0 aliphatic rings.